The van der Waals surface area contributed by atoms with Crippen molar-refractivity contribution in [1.82, 2.24) is 0 Å². The molecule has 0 aliphatic carbocycles. The van der Waals surface area contributed by atoms with Crippen molar-refractivity contribution in [2.75, 3.05) is 13.7 Å². The molecule has 0 heterocycles. The first-order valence-corrected chi connectivity index (χ1v) is 5.95. The van der Waals surface area contributed by atoms with Crippen molar-refractivity contribution >= 4 is 5.97 Å². The van der Waals surface area contributed by atoms with Crippen molar-refractivity contribution in [1.29, 1.82) is 0 Å². The van der Waals surface area contributed by atoms with Gasteiger partial charge in [-0.15, -0.1) is 0 Å². The minimum atomic E-state index is -0.972. The number of carboxylic acid groups (broad SMARTS) is 1. The van der Waals surface area contributed by atoms with Gasteiger partial charge in [-0.2, -0.15) is 0 Å². The van der Waals surface area contributed by atoms with Crippen LogP contribution in [-0.2, 0) is 11.2 Å². The molecule has 0 unspecified atom stereocenters. The van der Waals surface area contributed by atoms with Crippen LogP contribution >= 0.6 is 0 Å². The lowest BCUT2D eigenvalue weighted by Gasteiger charge is -2.20. The topological polar surface area (TPSA) is 55.8 Å². The standard InChI is InChI=1S/C14H20O4/c1-6-11-10(4)13(18-7-12(15)16)8(2)9(3)14(11)17-5/h6-7H2,1-5H3,(H,15,16). The maximum absolute atomic E-state index is 10.6. The average molecular weight is 252 g/mol. The third-order valence-corrected chi connectivity index (χ3v) is 3.21. The van der Waals surface area contributed by atoms with Crippen molar-refractivity contribution in [2.45, 2.75) is 34.1 Å². The minimum Gasteiger partial charge on any atom is -0.496 e. The zero-order chi connectivity index (χ0) is 13.9. The van der Waals surface area contributed by atoms with Gasteiger partial charge in [0.1, 0.15) is 11.5 Å². The van der Waals surface area contributed by atoms with Crippen molar-refractivity contribution in [3.05, 3.63) is 22.3 Å². The second kappa shape index (κ2) is 5.76. The number of carboxylic acids is 1. The van der Waals surface area contributed by atoms with Gasteiger partial charge in [-0.1, -0.05) is 6.92 Å². The number of methoxy groups -OCH3 is 1. The van der Waals surface area contributed by atoms with Crippen LogP contribution in [0.15, 0.2) is 0 Å². The monoisotopic (exact) mass is 252 g/mol. The molecule has 0 radical (unpaired) electrons. The first kappa shape index (κ1) is 14.4. The highest BCUT2D eigenvalue weighted by atomic mass is 16.5. The van der Waals surface area contributed by atoms with Crippen LogP contribution < -0.4 is 9.47 Å². The van der Waals surface area contributed by atoms with E-state index in [1.54, 1.807) is 7.11 Å². The molecule has 0 aliphatic rings. The smallest absolute Gasteiger partial charge is 0.341 e. The van der Waals surface area contributed by atoms with Crippen LogP contribution in [0.2, 0.25) is 0 Å². The maximum atomic E-state index is 10.6. The van der Waals surface area contributed by atoms with Gasteiger partial charge in [0.2, 0.25) is 0 Å². The minimum absolute atomic E-state index is 0.323. The van der Waals surface area contributed by atoms with E-state index in [9.17, 15) is 4.79 Å². The van der Waals surface area contributed by atoms with Crippen LogP contribution in [0.1, 0.15) is 29.2 Å². The lowest BCUT2D eigenvalue weighted by atomic mass is 9.96. The highest BCUT2D eigenvalue weighted by Gasteiger charge is 2.18. The Balaban J connectivity index is 3.34. The predicted molar refractivity (Wildman–Crippen MR) is 69.7 cm³/mol. The van der Waals surface area contributed by atoms with E-state index in [0.717, 1.165) is 34.4 Å². The summed E-state index contributed by atoms with van der Waals surface area (Å²) in [5, 5.41) is 8.70. The highest BCUT2D eigenvalue weighted by molar-refractivity contribution is 5.69. The largest absolute Gasteiger partial charge is 0.496 e. The zero-order valence-electron chi connectivity index (χ0n) is 11.6. The summed E-state index contributed by atoms with van der Waals surface area (Å²) in [6.45, 7) is 7.53. The number of hydrogen-bond donors (Lipinski definition) is 1. The Labute approximate surface area is 108 Å². The third kappa shape index (κ3) is 2.58. The van der Waals surface area contributed by atoms with Crippen LogP contribution in [0.5, 0.6) is 11.5 Å². The quantitative estimate of drug-likeness (QED) is 0.875. The molecule has 0 fully saturated rings. The molecule has 0 aliphatic heterocycles. The van der Waals surface area contributed by atoms with E-state index in [-0.39, 0.29) is 6.61 Å². The van der Waals surface area contributed by atoms with E-state index in [2.05, 4.69) is 0 Å². The van der Waals surface area contributed by atoms with Gasteiger partial charge >= 0.3 is 5.97 Å². The Bertz CT molecular complexity index is 464. The van der Waals surface area contributed by atoms with Gasteiger partial charge in [-0.05, 0) is 43.9 Å². The Morgan fingerprint density at radius 2 is 1.67 bits per heavy atom. The van der Waals surface area contributed by atoms with Gasteiger partial charge in [0, 0.05) is 5.56 Å². The fraction of sp³-hybridized carbons (Fsp3) is 0.500. The van der Waals surface area contributed by atoms with Gasteiger partial charge in [0.15, 0.2) is 6.61 Å². The molecule has 4 heteroatoms. The van der Waals surface area contributed by atoms with Gasteiger partial charge < -0.3 is 14.6 Å². The van der Waals surface area contributed by atoms with Crippen molar-refractivity contribution in [3.63, 3.8) is 0 Å². The van der Waals surface area contributed by atoms with E-state index in [4.69, 9.17) is 14.6 Å². The SMILES string of the molecule is CCc1c(C)c(OCC(=O)O)c(C)c(C)c1OC. The maximum Gasteiger partial charge on any atom is 0.341 e. The molecule has 0 amide bonds. The summed E-state index contributed by atoms with van der Waals surface area (Å²) >= 11 is 0. The van der Waals surface area contributed by atoms with Crippen LogP contribution in [-0.4, -0.2) is 24.8 Å². The van der Waals surface area contributed by atoms with Crippen LogP contribution in [0.3, 0.4) is 0 Å². The molecule has 0 atom stereocenters. The third-order valence-electron chi connectivity index (χ3n) is 3.21. The molecule has 18 heavy (non-hydrogen) atoms. The fourth-order valence-electron chi connectivity index (χ4n) is 2.21. The van der Waals surface area contributed by atoms with Crippen LogP contribution in [0, 0.1) is 20.8 Å². The first-order chi connectivity index (χ1) is 8.43. The first-order valence-electron chi connectivity index (χ1n) is 5.95. The van der Waals surface area contributed by atoms with E-state index in [0.29, 0.717) is 5.75 Å². The van der Waals surface area contributed by atoms with Gasteiger partial charge in [-0.3, -0.25) is 0 Å². The molecule has 1 aromatic carbocycles. The van der Waals surface area contributed by atoms with Crippen molar-refractivity contribution in [3.8, 4) is 11.5 Å². The molecule has 4 nitrogen and oxygen atoms in total. The average Bonchev–Trinajstić information content (AvgIpc) is 2.32. The number of carbonyl (C=O) groups is 1. The molecular weight excluding hydrogens is 232 g/mol. The Morgan fingerprint density at radius 1 is 1.11 bits per heavy atom. The lowest BCUT2D eigenvalue weighted by molar-refractivity contribution is -0.139. The second-order valence-electron chi connectivity index (χ2n) is 4.25. The number of rotatable bonds is 5. The molecule has 100 valence electrons. The lowest BCUT2D eigenvalue weighted by Crippen LogP contribution is -2.12. The summed E-state index contributed by atoms with van der Waals surface area (Å²) in [6.07, 6.45) is 0.819. The molecule has 0 saturated heterocycles. The van der Waals surface area contributed by atoms with Gasteiger partial charge in [0.05, 0.1) is 7.11 Å². The number of hydrogen-bond acceptors (Lipinski definition) is 3. The summed E-state index contributed by atoms with van der Waals surface area (Å²) in [7, 11) is 1.65. The van der Waals surface area contributed by atoms with Crippen LogP contribution in [0.4, 0.5) is 0 Å². The molecule has 0 spiro atoms. The fourth-order valence-corrected chi connectivity index (χ4v) is 2.21. The summed E-state index contributed by atoms with van der Waals surface area (Å²) in [5.74, 6) is 0.558. The number of aliphatic carboxylic acids is 1. The Kier molecular flexibility index (Phi) is 4.59. The van der Waals surface area contributed by atoms with Crippen molar-refractivity contribution in [2.24, 2.45) is 0 Å². The number of benzene rings is 1. The highest BCUT2D eigenvalue weighted by Crippen LogP contribution is 2.37. The summed E-state index contributed by atoms with van der Waals surface area (Å²) in [5.41, 5.74) is 3.96. The molecule has 1 rings (SSSR count). The Hall–Kier alpha value is -1.71. The second-order valence-corrected chi connectivity index (χ2v) is 4.25. The zero-order valence-corrected chi connectivity index (χ0v) is 11.6. The van der Waals surface area contributed by atoms with Crippen molar-refractivity contribution < 1.29 is 19.4 Å². The van der Waals surface area contributed by atoms with E-state index < -0.39 is 5.97 Å². The molecule has 0 bridgehead atoms. The van der Waals surface area contributed by atoms with Crippen LogP contribution in [0.25, 0.3) is 0 Å². The molecule has 1 N–H and O–H groups in total. The normalized spacial score (nSPS) is 10.3. The molecule has 0 aromatic heterocycles. The summed E-state index contributed by atoms with van der Waals surface area (Å²) in [6, 6.07) is 0. The number of ether oxygens (including phenoxy) is 2. The van der Waals surface area contributed by atoms with Gasteiger partial charge in [-0.25, -0.2) is 4.79 Å². The van der Waals surface area contributed by atoms with E-state index in [1.165, 1.54) is 0 Å². The summed E-state index contributed by atoms with van der Waals surface area (Å²) < 4.78 is 10.8. The predicted octanol–water partition coefficient (Wildman–Crippen LogP) is 2.65. The Morgan fingerprint density at radius 3 is 2.11 bits per heavy atom. The summed E-state index contributed by atoms with van der Waals surface area (Å²) in [4.78, 5) is 10.6. The van der Waals surface area contributed by atoms with E-state index >= 15 is 0 Å². The molecule has 1 aromatic rings. The molecular formula is C14H20O4. The molecule has 0 saturated carbocycles. The van der Waals surface area contributed by atoms with Gasteiger partial charge in [0.25, 0.3) is 0 Å². The van der Waals surface area contributed by atoms with E-state index in [1.807, 2.05) is 27.7 Å².